The van der Waals surface area contributed by atoms with Gasteiger partial charge < -0.3 is 15.0 Å². The molecule has 5 heterocycles. The van der Waals surface area contributed by atoms with E-state index in [4.69, 9.17) is 4.74 Å². The Kier molecular flexibility index (Phi) is 7.62. The van der Waals surface area contributed by atoms with Crippen molar-refractivity contribution < 1.29 is 9.53 Å². The SMILES string of the molecule is Cl.Cl.O=C([C@H]1[C@@H]2CNC[C@@H](C2)c2cccc(=O)n21)N1CCC(Oc2cccnc2)CC1. The molecule has 0 saturated carbocycles. The molecule has 3 aliphatic heterocycles. The quantitative estimate of drug-likeness (QED) is 0.751. The molecule has 0 unspecified atom stereocenters. The molecule has 3 aliphatic rings. The fraction of sp³-hybridized carbons (Fsp3) is 0.500. The molecule has 1 N–H and O–H groups in total. The summed E-state index contributed by atoms with van der Waals surface area (Å²) in [4.78, 5) is 32.2. The second-order valence-electron chi connectivity index (χ2n) is 8.29. The van der Waals surface area contributed by atoms with Crippen LogP contribution in [0.1, 0.15) is 36.9 Å². The van der Waals surface area contributed by atoms with E-state index in [1.165, 1.54) is 0 Å². The first-order valence-corrected chi connectivity index (χ1v) is 10.5. The minimum absolute atomic E-state index is 0. The Hall–Kier alpha value is -2.09. The highest BCUT2D eigenvalue weighted by atomic mass is 35.5. The molecule has 2 fully saturated rings. The molecule has 0 radical (unpaired) electrons. The summed E-state index contributed by atoms with van der Waals surface area (Å²) in [7, 11) is 0. The number of hydrogen-bond acceptors (Lipinski definition) is 5. The lowest BCUT2D eigenvalue weighted by molar-refractivity contribution is -0.139. The third-order valence-electron chi connectivity index (χ3n) is 6.49. The Bertz CT molecular complexity index is 947. The standard InChI is InChI=1S/C22H26N4O3.2ClH/c27-20-5-1-4-19-15-11-16(13-24-12-15)21(26(19)20)22(28)25-9-6-17(7-10-25)29-18-3-2-8-23-14-18;;/h1-5,8,14-17,21,24H,6-7,9-13H2;2*1H/t15-,16+,21-;;/m1../s1. The molecule has 0 aliphatic carbocycles. The summed E-state index contributed by atoms with van der Waals surface area (Å²) in [6.45, 7) is 2.97. The van der Waals surface area contributed by atoms with Gasteiger partial charge in [0.05, 0.1) is 6.20 Å². The van der Waals surface area contributed by atoms with Crippen molar-refractivity contribution in [3.63, 3.8) is 0 Å². The molecule has 2 saturated heterocycles. The number of ether oxygens (including phenoxy) is 1. The lowest BCUT2D eigenvalue weighted by Crippen LogP contribution is -2.54. The Balaban J connectivity index is 0.00000136. The molecular weight excluding hydrogens is 439 g/mol. The largest absolute Gasteiger partial charge is 0.489 e. The van der Waals surface area contributed by atoms with Crippen molar-refractivity contribution in [3.8, 4) is 5.75 Å². The molecule has 5 rings (SSSR count). The van der Waals surface area contributed by atoms with Gasteiger partial charge in [-0.1, -0.05) is 6.07 Å². The van der Waals surface area contributed by atoms with Crippen LogP contribution in [0.4, 0.5) is 0 Å². The van der Waals surface area contributed by atoms with Crippen LogP contribution in [0, 0.1) is 5.92 Å². The topological polar surface area (TPSA) is 76.5 Å². The number of carbonyl (C=O) groups is 1. The first kappa shape index (κ1) is 23.6. The Morgan fingerprint density at radius 1 is 1.10 bits per heavy atom. The van der Waals surface area contributed by atoms with Gasteiger partial charge in [0.25, 0.3) is 5.56 Å². The van der Waals surface area contributed by atoms with Crippen molar-refractivity contribution in [3.05, 3.63) is 58.8 Å². The molecule has 31 heavy (non-hydrogen) atoms. The molecule has 7 nitrogen and oxygen atoms in total. The van der Waals surface area contributed by atoms with Crippen LogP contribution >= 0.6 is 24.8 Å². The van der Waals surface area contributed by atoms with E-state index in [2.05, 4.69) is 10.3 Å². The first-order chi connectivity index (χ1) is 14.2. The normalized spacial score (nSPS) is 24.9. The highest BCUT2D eigenvalue weighted by molar-refractivity contribution is 5.85. The Morgan fingerprint density at radius 2 is 1.90 bits per heavy atom. The van der Waals surface area contributed by atoms with Crippen molar-refractivity contribution in [1.29, 1.82) is 0 Å². The summed E-state index contributed by atoms with van der Waals surface area (Å²) in [6.07, 6.45) is 6.07. The van der Waals surface area contributed by atoms with E-state index in [9.17, 15) is 9.59 Å². The Labute approximate surface area is 194 Å². The summed E-state index contributed by atoms with van der Waals surface area (Å²) < 4.78 is 7.78. The molecule has 3 atom stereocenters. The predicted molar refractivity (Wildman–Crippen MR) is 122 cm³/mol. The van der Waals surface area contributed by atoms with Gasteiger partial charge in [-0.05, 0) is 24.6 Å². The van der Waals surface area contributed by atoms with Crippen LogP contribution in [0.25, 0.3) is 0 Å². The zero-order valence-electron chi connectivity index (χ0n) is 17.2. The average molecular weight is 467 g/mol. The fourth-order valence-corrected chi connectivity index (χ4v) is 5.10. The van der Waals surface area contributed by atoms with Gasteiger partial charge in [-0.3, -0.25) is 19.1 Å². The third kappa shape index (κ3) is 4.59. The zero-order chi connectivity index (χ0) is 19.8. The number of halogens is 2. The fourth-order valence-electron chi connectivity index (χ4n) is 5.10. The number of hydrogen-bond donors (Lipinski definition) is 1. The van der Waals surface area contributed by atoms with Crippen molar-refractivity contribution in [1.82, 2.24) is 19.8 Å². The van der Waals surface area contributed by atoms with Gasteiger partial charge in [0.2, 0.25) is 5.91 Å². The number of pyridine rings is 2. The summed E-state index contributed by atoms with van der Waals surface area (Å²) >= 11 is 0. The van der Waals surface area contributed by atoms with Crippen molar-refractivity contribution in [2.45, 2.75) is 37.3 Å². The lowest BCUT2D eigenvalue weighted by Gasteiger charge is -2.44. The highest BCUT2D eigenvalue weighted by Gasteiger charge is 2.43. The zero-order valence-corrected chi connectivity index (χ0v) is 18.8. The molecule has 0 aromatic carbocycles. The van der Waals surface area contributed by atoms with Crippen LogP contribution in [0.15, 0.2) is 47.5 Å². The molecule has 2 aromatic heterocycles. The maximum atomic E-state index is 13.5. The van der Waals surface area contributed by atoms with Gasteiger partial charge in [0.1, 0.15) is 17.9 Å². The second-order valence-corrected chi connectivity index (χ2v) is 8.29. The van der Waals surface area contributed by atoms with Gasteiger partial charge in [0, 0.05) is 68.8 Å². The maximum absolute atomic E-state index is 13.5. The average Bonchev–Trinajstić information content (AvgIpc) is 2.76. The number of nitrogens with one attached hydrogen (secondary N) is 1. The van der Waals surface area contributed by atoms with Crippen molar-refractivity contribution in [2.75, 3.05) is 26.2 Å². The maximum Gasteiger partial charge on any atom is 0.251 e. The monoisotopic (exact) mass is 466 g/mol. The summed E-state index contributed by atoms with van der Waals surface area (Å²) in [5, 5.41) is 3.46. The molecule has 2 bridgehead atoms. The summed E-state index contributed by atoms with van der Waals surface area (Å²) in [5.74, 6) is 1.32. The molecule has 1 amide bonds. The van der Waals surface area contributed by atoms with Gasteiger partial charge >= 0.3 is 0 Å². The number of piperidine rings is 2. The third-order valence-corrected chi connectivity index (χ3v) is 6.49. The van der Waals surface area contributed by atoms with E-state index in [0.29, 0.717) is 19.0 Å². The number of fused-ring (bicyclic) bond motifs is 4. The van der Waals surface area contributed by atoms with Crippen molar-refractivity contribution in [2.24, 2.45) is 5.92 Å². The summed E-state index contributed by atoms with van der Waals surface area (Å²) in [6, 6.07) is 8.75. The minimum atomic E-state index is -0.404. The van der Waals surface area contributed by atoms with Gasteiger partial charge in [-0.2, -0.15) is 0 Å². The van der Waals surface area contributed by atoms with Crippen LogP contribution in [-0.2, 0) is 4.79 Å². The van der Waals surface area contributed by atoms with Crippen LogP contribution < -0.4 is 15.6 Å². The van der Waals surface area contributed by atoms with E-state index < -0.39 is 6.04 Å². The number of likely N-dealkylation sites (tertiary alicyclic amines) is 1. The van der Waals surface area contributed by atoms with Crippen LogP contribution in [-0.4, -0.2) is 52.6 Å². The first-order valence-electron chi connectivity index (χ1n) is 10.5. The van der Waals surface area contributed by atoms with E-state index in [1.54, 1.807) is 23.0 Å². The van der Waals surface area contributed by atoms with Gasteiger partial charge in [-0.25, -0.2) is 0 Å². The Morgan fingerprint density at radius 3 is 2.65 bits per heavy atom. The lowest BCUT2D eigenvalue weighted by atomic mass is 9.78. The van der Waals surface area contributed by atoms with Crippen molar-refractivity contribution >= 4 is 30.7 Å². The predicted octanol–water partition coefficient (Wildman–Crippen LogP) is 2.40. The van der Waals surface area contributed by atoms with Crippen LogP contribution in [0.2, 0.25) is 0 Å². The summed E-state index contributed by atoms with van der Waals surface area (Å²) in [5.41, 5.74) is 0.932. The van der Waals surface area contributed by atoms with Crippen LogP contribution in [0.5, 0.6) is 5.75 Å². The van der Waals surface area contributed by atoms with Gasteiger partial charge in [-0.15, -0.1) is 24.8 Å². The number of nitrogens with zero attached hydrogens (tertiary/aromatic N) is 3. The molecule has 168 valence electrons. The molecule has 0 spiro atoms. The van der Waals surface area contributed by atoms with E-state index in [1.807, 2.05) is 29.2 Å². The van der Waals surface area contributed by atoms with E-state index >= 15 is 0 Å². The molecule has 9 heteroatoms. The highest BCUT2D eigenvalue weighted by Crippen LogP contribution is 2.39. The number of amides is 1. The molecule has 2 aromatic rings. The smallest absolute Gasteiger partial charge is 0.251 e. The van der Waals surface area contributed by atoms with Gasteiger partial charge in [0.15, 0.2) is 0 Å². The van der Waals surface area contributed by atoms with Crippen LogP contribution in [0.3, 0.4) is 0 Å². The number of rotatable bonds is 3. The minimum Gasteiger partial charge on any atom is -0.489 e. The van der Waals surface area contributed by atoms with E-state index in [-0.39, 0.29) is 48.3 Å². The molecular formula is C22H28Cl2N4O3. The van der Waals surface area contributed by atoms with E-state index in [0.717, 1.165) is 43.8 Å². The number of aromatic nitrogens is 2. The second kappa shape index (κ2) is 10.0. The number of carbonyl (C=O) groups excluding carboxylic acids is 1.